The average Bonchev–Trinajstić information content (AvgIpc) is 3.18. The van der Waals surface area contributed by atoms with Crippen molar-refractivity contribution in [3.8, 4) is 0 Å². The minimum atomic E-state index is -0.326. The molecule has 158 valence electrons. The molecule has 2 N–H and O–H groups in total. The van der Waals surface area contributed by atoms with Crippen LogP contribution in [0.3, 0.4) is 0 Å². The predicted octanol–water partition coefficient (Wildman–Crippen LogP) is 1.96. The smallest absolute Gasteiger partial charge is 0.251 e. The van der Waals surface area contributed by atoms with Crippen LogP contribution in [0.25, 0.3) is 0 Å². The van der Waals surface area contributed by atoms with Crippen molar-refractivity contribution in [2.45, 2.75) is 18.9 Å². The van der Waals surface area contributed by atoms with E-state index in [4.69, 9.17) is 0 Å². The number of nitrogens with one attached hydrogen (secondary N) is 2. The van der Waals surface area contributed by atoms with Crippen molar-refractivity contribution >= 4 is 23.4 Å². The first-order valence-corrected chi connectivity index (χ1v) is 10.1. The van der Waals surface area contributed by atoms with Gasteiger partial charge in [-0.2, -0.15) is 0 Å². The molecule has 0 spiro atoms. The number of carbonyl (C=O) groups excluding carboxylic acids is 3. The molecule has 2 aromatic rings. The standard InChI is InChI=1S/C23H28N4O3/c1-26(2)16-20(17-7-4-3-5-8-17)25-21(28)15-24-23(30)18-10-12-19(13-11-18)27-14-6-9-22(27)29/h3-5,7-8,10-13,20H,6,9,14-16H2,1-2H3,(H,24,30)(H,25,28)/t20-/m1/s1. The number of hydrogen-bond acceptors (Lipinski definition) is 4. The van der Waals surface area contributed by atoms with Gasteiger partial charge in [0.1, 0.15) is 0 Å². The molecule has 1 heterocycles. The van der Waals surface area contributed by atoms with Crippen molar-refractivity contribution in [3.05, 3.63) is 65.7 Å². The summed E-state index contributed by atoms with van der Waals surface area (Å²) in [4.78, 5) is 40.4. The average molecular weight is 409 g/mol. The van der Waals surface area contributed by atoms with Crippen LogP contribution in [0, 0.1) is 0 Å². The molecule has 0 unspecified atom stereocenters. The second-order valence-electron chi connectivity index (χ2n) is 7.67. The summed E-state index contributed by atoms with van der Waals surface area (Å²) in [5.74, 6) is -0.471. The molecular weight excluding hydrogens is 380 g/mol. The van der Waals surface area contributed by atoms with Crippen LogP contribution in [0.15, 0.2) is 54.6 Å². The summed E-state index contributed by atoms with van der Waals surface area (Å²) in [7, 11) is 3.90. The monoisotopic (exact) mass is 408 g/mol. The van der Waals surface area contributed by atoms with E-state index in [0.29, 0.717) is 25.1 Å². The molecule has 1 aliphatic rings. The minimum Gasteiger partial charge on any atom is -0.346 e. The highest BCUT2D eigenvalue weighted by Crippen LogP contribution is 2.21. The first-order chi connectivity index (χ1) is 14.4. The van der Waals surface area contributed by atoms with E-state index in [1.54, 1.807) is 29.2 Å². The highest BCUT2D eigenvalue weighted by atomic mass is 16.2. The number of nitrogens with zero attached hydrogens (tertiary/aromatic N) is 2. The first kappa shape index (κ1) is 21.5. The van der Waals surface area contributed by atoms with Crippen LogP contribution in [0.1, 0.15) is 34.8 Å². The SMILES string of the molecule is CN(C)C[C@@H](NC(=O)CNC(=O)c1ccc(N2CCCC2=O)cc1)c1ccccc1. The van der Waals surface area contributed by atoms with Gasteiger partial charge < -0.3 is 20.4 Å². The minimum absolute atomic E-state index is 0.106. The topological polar surface area (TPSA) is 81.8 Å². The highest BCUT2D eigenvalue weighted by molar-refractivity contribution is 5.98. The Kier molecular flexibility index (Phi) is 7.19. The molecule has 0 radical (unpaired) electrons. The maximum absolute atomic E-state index is 12.4. The van der Waals surface area contributed by atoms with E-state index < -0.39 is 0 Å². The van der Waals surface area contributed by atoms with Crippen LogP contribution >= 0.6 is 0 Å². The zero-order valence-electron chi connectivity index (χ0n) is 17.4. The fraction of sp³-hybridized carbons (Fsp3) is 0.348. The predicted molar refractivity (Wildman–Crippen MR) is 116 cm³/mol. The van der Waals surface area contributed by atoms with E-state index >= 15 is 0 Å². The highest BCUT2D eigenvalue weighted by Gasteiger charge is 2.22. The second kappa shape index (κ2) is 10.0. The lowest BCUT2D eigenvalue weighted by Crippen LogP contribution is -2.41. The quantitative estimate of drug-likeness (QED) is 0.700. The van der Waals surface area contributed by atoms with Gasteiger partial charge in [-0.3, -0.25) is 14.4 Å². The summed E-state index contributed by atoms with van der Waals surface area (Å²) < 4.78 is 0. The molecule has 30 heavy (non-hydrogen) atoms. The summed E-state index contributed by atoms with van der Waals surface area (Å²) in [5, 5.41) is 5.64. The lowest BCUT2D eigenvalue weighted by molar-refractivity contribution is -0.121. The van der Waals surface area contributed by atoms with Gasteiger partial charge in [0, 0.05) is 30.8 Å². The second-order valence-corrected chi connectivity index (χ2v) is 7.67. The third-order valence-electron chi connectivity index (χ3n) is 5.01. The summed E-state index contributed by atoms with van der Waals surface area (Å²) in [6.07, 6.45) is 1.42. The Morgan fingerprint density at radius 1 is 1.07 bits per heavy atom. The van der Waals surface area contributed by atoms with E-state index in [9.17, 15) is 14.4 Å². The van der Waals surface area contributed by atoms with Crippen LogP contribution in [0.5, 0.6) is 0 Å². The van der Waals surface area contributed by atoms with Crippen LogP contribution < -0.4 is 15.5 Å². The Labute approximate surface area is 177 Å². The summed E-state index contributed by atoms with van der Waals surface area (Å²) in [5.41, 5.74) is 2.25. The van der Waals surface area contributed by atoms with Crippen molar-refractivity contribution in [3.63, 3.8) is 0 Å². The number of likely N-dealkylation sites (N-methyl/N-ethyl adjacent to an activating group) is 1. The molecule has 1 aliphatic heterocycles. The van der Waals surface area contributed by atoms with E-state index in [-0.39, 0.29) is 30.3 Å². The zero-order valence-corrected chi connectivity index (χ0v) is 17.4. The van der Waals surface area contributed by atoms with Gasteiger partial charge in [-0.1, -0.05) is 30.3 Å². The summed E-state index contributed by atoms with van der Waals surface area (Å²) in [6, 6.07) is 16.5. The van der Waals surface area contributed by atoms with Crippen LogP contribution in [0.2, 0.25) is 0 Å². The molecule has 0 saturated carbocycles. The molecule has 1 saturated heterocycles. The number of benzene rings is 2. The van der Waals surface area contributed by atoms with Crippen molar-refractivity contribution < 1.29 is 14.4 Å². The van der Waals surface area contributed by atoms with Gasteiger partial charge in [-0.05, 0) is 50.3 Å². The van der Waals surface area contributed by atoms with Crippen molar-refractivity contribution in [1.82, 2.24) is 15.5 Å². The molecule has 1 fully saturated rings. The fourth-order valence-electron chi connectivity index (χ4n) is 3.51. The fourth-order valence-corrected chi connectivity index (χ4v) is 3.51. The Balaban J connectivity index is 1.54. The Hall–Kier alpha value is -3.19. The molecule has 3 rings (SSSR count). The molecular formula is C23H28N4O3. The largest absolute Gasteiger partial charge is 0.346 e. The zero-order chi connectivity index (χ0) is 21.5. The van der Waals surface area contributed by atoms with E-state index in [2.05, 4.69) is 10.6 Å². The number of anilines is 1. The van der Waals surface area contributed by atoms with Gasteiger partial charge in [0.15, 0.2) is 0 Å². The number of carbonyl (C=O) groups is 3. The normalized spacial score (nSPS) is 14.6. The van der Waals surface area contributed by atoms with Crippen molar-refractivity contribution in [2.75, 3.05) is 38.6 Å². The van der Waals surface area contributed by atoms with Gasteiger partial charge in [-0.15, -0.1) is 0 Å². The lowest BCUT2D eigenvalue weighted by Gasteiger charge is -2.23. The maximum atomic E-state index is 12.4. The van der Waals surface area contributed by atoms with Gasteiger partial charge in [0.25, 0.3) is 5.91 Å². The Morgan fingerprint density at radius 2 is 1.77 bits per heavy atom. The van der Waals surface area contributed by atoms with E-state index in [0.717, 1.165) is 17.7 Å². The van der Waals surface area contributed by atoms with Gasteiger partial charge in [-0.25, -0.2) is 0 Å². The van der Waals surface area contributed by atoms with E-state index in [1.807, 2.05) is 49.3 Å². The molecule has 1 atom stereocenters. The molecule has 0 bridgehead atoms. The number of hydrogen-bond donors (Lipinski definition) is 2. The molecule has 7 heteroatoms. The Bertz CT molecular complexity index is 881. The molecule has 3 amide bonds. The maximum Gasteiger partial charge on any atom is 0.251 e. The van der Waals surface area contributed by atoms with Crippen LogP contribution in [-0.2, 0) is 9.59 Å². The van der Waals surface area contributed by atoms with Crippen LogP contribution in [0.4, 0.5) is 5.69 Å². The van der Waals surface area contributed by atoms with Gasteiger partial charge >= 0.3 is 0 Å². The number of rotatable bonds is 8. The van der Waals surface area contributed by atoms with Crippen LogP contribution in [-0.4, -0.2) is 56.4 Å². The number of amides is 3. The van der Waals surface area contributed by atoms with Gasteiger partial charge in [0.2, 0.25) is 11.8 Å². The summed E-state index contributed by atoms with van der Waals surface area (Å²) >= 11 is 0. The van der Waals surface area contributed by atoms with Gasteiger partial charge in [0.05, 0.1) is 12.6 Å². The van der Waals surface area contributed by atoms with Crippen molar-refractivity contribution in [2.24, 2.45) is 0 Å². The molecule has 2 aromatic carbocycles. The lowest BCUT2D eigenvalue weighted by atomic mass is 10.1. The summed E-state index contributed by atoms with van der Waals surface area (Å²) in [6.45, 7) is 1.25. The first-order valence-electron chi connectivity index (χ1n) is 10.1. The molecule has 7 nitrogen and oxygen atoms in total. The third kappa shape index (κ3) is 5.67. The Morgan fingerprint density at radius 3 is 2.37 bits per heavy atom. The van der Waals surface area contributed by atoms with E-state index in [1.165, 1.54) is 0 Å². The molecule has 0 aromatic heterocycles. The third-order valence-corrected chi connectivity index (χ3v) is 5.01. The van der Waals surface area contributed by atoms with Crippen molar-refractivity contribution in [1.29, 1.82) is 0 Å². The molecule has 0 aliphatic carbocycles.